The maximum Gasteiger partial charge on any atom is 0.575 e. The number of halogens is 3. The van der Waals surface area contributed by atoms with Crippen LogP contribution in [0, 0.1) is 0 Å². The van der Waals surface area contributed by atoms with Crippen molar-refractivity contribution in [3.8, 4) is 0 Å². The summed E-state index contributed by atoms with van der Waals surface area (Å²) >= 11 is 2.74. The number of ether oxygens (including phenoxy) is 1. The van der Waals surface area contributed by atoms with E-state index in [-0.39, 0.29) is 17.0 Å². The highest BCUT2D eigenvalue weighted by Gasteiger charge is 2.53. The first kappa shape index (κ1) is 16.3. The fraction of sp³-hybridized carbons (Fsp3) is 0.286. The van der Waals surface area contributed by atoms with Crippen molar-refractivity contribution in [2.24, 2.45) is 0 Å². The standard InChI is InChI=1S/C14H10F3NO3S2/c15-14(16,17)21-13(20)9-6-7-22-12-10(11(19)18(9)12)23-8-4-2-1-3-5-8/h1-6,10,12H,7H2/t10?,12-/m0/s1. The predicted octanol–water partition coefficient (Wildman–Crippen LogP) is 3.01. The summed E-state index contributed by atoms with van der Waals surface area (Å²) in [4.78, 5) is 25.8. The minimum absolute atomic E-state index is 0.332. The number of rotatable bonds is 3. The summed E-state index contributed by atoms with van der Waals surface area (Å²) in [5.41, 5.74) is -0.332. The summed E-state index contributed by atoms with van der Waals surface area (Å²) in [7, 11) is 0. The van der Waals surface area contributed by atoms with Crippen LogP contribution in [0.5, 0.6) is 0 Å². The summed E-state index contributed by atoms with van der Waals surface area (Å²) in [5, 5.41) is -0.793. The van der Waals surface area contributed by atoms with Crippen LogP contribution in [-0.2, 0) is 14.3 Å². The molecule has 1 aromatic carbocycles. The number of hydrogen-bond acceptors (Lipinski definition) is 5. The summed E-state index contributed by atoms with van der Waals surface area (Å²) in [5.74, 6) is -1.58. The summed E-state index contributed by atoms with van der Waals surface area (Å²) in [6.45, 7) is 0. The Morgan fingerprint density at radius 3 is 2.65 bits per heavy atom. The van der Waals surface area contributed by atoms with Gasteiger partial charge in [-0.05, 0) is 18.2 Å². The molecule has 0 radical (unpaired) electrons. The molecule has 1 amide bonds. The van der Waals surface area contributed by atoms with Crippen molar-refractivity contribution in [1.29, 1.82) is 0 Å². The second kappa shape index (κ2) is 6.12. The third-order valence-corrected chi connectivity index (χ3v) is 5.83. The van der Waals surface area contributed by atoms with Crippen molar-refractivity contribution in [3.05, 3.63) is 42.1 Å². The second-order valence-electron chi connectivity index (χ2n) is 4.71. The summed E-state index contributed by atoms with van der Waals surface area (Å²) < 4.78 is 40.0. The largest absolute Gasteiger partial charge is 0.575 e. The SMILES string of the molecule is O=C(OC(F)(F)F)C1=CCS[C@H]2C(Sc3ccccc3)C(=O)N12. The van der Waals surface area contributed by atoms with E-state index in [1.54, 1.807) is 0 Å². The van der Waals surface area contributed by atoms with Crippen LogP contribution in [0.3, 0.4) is 0 Å². The van der Waals surface area contributed by atoms with Crippen molar-refractivity contribution in [2.45, 2.75) is 21.9 Å². The fourth-order valence-corrected chi connectivity index (χ4v) is 4.84. The van der Waals surface area contributed by atoms with E-state index < -0.39 is 17.6 Å². The zero-order valence-corrected chi connectivity index (χ0v) is 13.1. The maximum absolute atomic E-state index is 12.2. The molecule has 0 saturated carbocycles. The molecule has 0 aromatic heterocycles. The van der Waals surface area contributed by atoms with E-state index in [2.05, 4.69) is 4.74 Å². The van der Waals surface area contributed by atoms with E-state index in [9.17, 15) is 22.8 Å². The third-order valence-electron chi connectivity index (χ3n) is 3.22. The lowest BCUT2D eigenvalue weighted by Gasteiger charge is -2.48. The normalized spacial score (nSPS) is 23.7. The van der Waals surface area contributed by atoms with Gasteiger partial charge in [0.25, 0.3) is 0 Å². The van der Waals surface area contributed by atoms with Gasteiger partial charge in [-0.1, -0.05) is 18.2 Å². The van der Waals surface area contributed by atoms with Crippen molar-refractivity contribution in [3.63, 3.8) is 0 Å². The molecule has 2 aliphatic heterocycles. The first-order chi connectivity index (χ1) is 10.9. The molecule has 1 aromatic rings. The van der Waals surface area contributed by atoms with Gasteiger partial charge in [-0.3, -0.25) is 9.69 Å². The molecule has 0 spiro atoms. The van der Waals surface area contributed by atoms with E-state index >= 15 is 0 Å². The number of carbonyl (C=O) groups is 2. The van der Waals surface area contributed by atoms with Crippen LogP contribution in [0.2, 0.25) is 0 Å². The molecule has 0 aliphatic carbocycles. The molecule has 122 valence electrons. The van der Waals surface area contributed by atoms with Gasteiger partial charge in [0.1, 0.15) is 16.3 Å². The zero-order chi connectivity index (χ0) is 16.6. The number of fused-ring (bicyclic) bond motifs is 1. The first-order valence-corrected chi connectivity index (χ1v) is 8.46. The van der Waals surface area contributed by atoms with Crippen LogP contribution >= 0.6 is 23.5 Å². The van der Waals surface area contributed by atoms with Gasteiger partial charge < -0.3 is 4.74 Å². The Kier molecular flexibility index (Phi) is 4.33. The zero-order valence-electron chi connectivity index (χ0n) is 11.4. The van der Waals surface area contributed by atoms with Gasteiger partial charge in [0.2, 0.25) is 5.91 Å². The molecule has 2 heterocycles. The van der Waals surface area contributed by atoms with E-state index in [4.69, 9.17) is 0 Å². The van der Waals surface area contributed by atoms with Crippen LogP contribution in [0.15, 0.2) is 47.0 Å². The Morgan fingerprint density at radius 1 is 1.30 bits per heavy atom. The smallest absolute Gasteiger partial charge is 0.368 e. The minimum Gasteiger partial charge on any atom is -0.368 e. The Hall–Kier alpha value is -1.61. The van der Waals surface area contributed by atoms with E-state index in [0.29, 0.717) is 5.75 Å². The van der Waals surface area contributed by atoms with Crippen LogP contribution in [0.1, 0.15) is 0 Å². The molecule has 23 heavy (non-hydrogen) atoms. The van der Waals surface area contributed by atoms with Gasteiger partial charge in [0, 0.05) is 10.6 Å². The molecule has 4 nitrogen and oxygen atoms in total. The number of hydrogen-bond donors (Lipinski definition) is 0. The minimum atomic E-state index is -5.07. The van der Waals surface area contributed by atoms with Crippen LogP contribution in [0.4, 0.5) is 13.2 Å². The number of thioether (sulfide) groups is 2. The molecule has 0 N–H and O–H groups in total. The van der Waals surface area contributed by atoms with Crippen LogP contribution in [-0.4, -0.2) is 39.5 Å². The molecule has 2 aliphatic rings. The lowest BCUT2D eigenvalue weighted by molar-refractivity contribution is -0.304. The van der Waals surface area contributed by atoms with Gasteiger partial charge in [-0.25, -0.2) is 4.79 Å². The van der Waals surface area contributed by atoms with Gasteiger partial charge >= 0.3 is 12.3 Å². The molecule has 1 unspecified atom stereocenters. The maximum atomic E-state index is 12.2. The lowest BCUT2D eigenvalue weighted by atomic mass is 10.1. The summed E-state index contributed by atoms with van der Waals surface area (Å²) in [6, 6.07) is 9.22. The highest BCUT2D eigenvalue weighted by molar-refractivity contribution is 8.04. The van der Waals surface area contributed by atoms with Gasteiger partial charge in [-0.2, -0.15) is 0 Å². The quantitative estimate of drug-likeness (QED) is 0.612. The number of benzene rings is 1. The average molecular weight is 361 g/mol. The monoisotopic (exact) mass is 361 g/mol. The molecular formula is C14H10F3NO3S2. The van der Waals surface area contributed by atoms with E-state index in [1.807, 2.05) is 30.3 Å². The topological polar surface area (TPSA) is 46.6 Å². The molecule has 2 atom stereocenters. The fourth-order valence-electron chi connectivity index (χ4n) is 2.27. The van der Waals surface area contributed by atoms with Crippen LogP contribution in [0.25, 0.3) is 0 Å². The molecule has 9 heteroatoms. The number of nitrogens with zero attached hydrogens (tertiary/aromatic N) is 1. The van der Waals surface area contributed by atoms with Crippen molar-refractivity contribution < 1.29 is 27.5 Å². The highest BCUT2D eigenvalue weighted by Crippen LogP contribution is 2.45. The first-order valence-electron chi connectivity index (χ1n) is 6.53. The molecule has 0 bridgehead atoms. The predicted molar refractivity (Wildman–Crippen MR) is 79.4 cm³/mol. The van der Waals surface area contributed by atoms with Crippen molar-refractivity contribution >= 4 is 35.4 Å². The Balaban J connectivity index is 1.72. The molecule has 3 rings (SSSR count). The van der Waals surface area contributed by atoms with Crippen molar-refractivity contribution in [2.75, 3.05) is 5.75 Å². The number of carbonyl (C=O) groups excluding carboxylic acids is 2. The third kappa shape index (κ3) is 3.35. The Morgan fingerprint density at radius 2 is 2.00 bits per heavy atom. The number of amides is 1. The number of esters is 1. The average Bonchev–Trinajstić information content (AvgIpc) is 2.51. The van der Waals surface area contributed by atoms with E-state index in [1.165, 1.54) is 29.6 Å². The number of alkyl halides is 3. The molecule has 1 fully saturated rings. The van der Waals surface area contributed by atoms with Gasteiger partial charge in [0.05, 0.1) is 0 Å². The van der Waals surface area contributed by atoms with Gasteiger partial charge in [0.15, 0.2) is 0 Å². The molecule has 1 saturated heterocycles. The lowest BCUT2D eigenvalue weighted by Crippen LogP contribution is -2.63. The number of β-lactam (4-membered cyclic amide) rings is 1. The van der Waals surface area contributed by atoms with Crippen molar-refractivity contribution in [1.82, 2.24) is 4.90 Å². The van der Waals surface area contributed by atoms with Gasteiger partial charge in [-0.15, -0.1) is 36.7 Å². The molecular weight excluding hydrogens is 351 g/mol. The van der Waals surface area contributed by atoms with E-state index in [0.717, 1.165) is 9.80 Å². The Bertz CT molecular complexity index is 663. The summed E-state index contributed by atoms with van der Waals surface area (Å²) in [6.07, 6.45) is -3.78. The Labute approximate surface area is 138 Å². The second-order valence-corrected chi connectivity index (χ2v) is 7.07. The van der Waals surface area contributed by atoms with Crippen LogP contribution < -0.4 is 0 Å². The highest BCUT2D eigenvalue weighted by atomic mass is 32.2.